The van der Waals surface area contributed by atoms with Gasteiger partial charge in [-0.1, -0.05) is 33.1 Å². The second kappa shape index (κ2) is 10.3. The Morgan fingerprint density at radius 2 is 1.77 bits per heavy atom. The van der Waals surface area contributed by atoms with Crippen molar-refractivity contribution in [3.8, 4) is 11.5 Å². The number of nitrogens with one attached hydrogen (secondary N) is 2. The highest BCUT2D eigenvalue weighted by Crippen LogP contribution is 2.25. The van der Waals surface area contributed by atoms with Crippen LogP contribution >= 0.6 is 12.2 Å². The average molecular weight is 324 g/mol. The van der Waals surface area contributed by atoms with Crippen molar-refractivity contribution < 1.29 is 9.47 Å². The normalized spacial score (nSPS) is 11.6. The van der Waals surface area contributed by atoms with E-state index >= 15 is 0 Å². The molecule has 0 saturated carbocycles. The zero-order chi connectivity index (χ0) is 16.4. The second-order valence-corrected chi connectivity index (χ2v) is 5.76. The molecule has 0 aromatic heterocycles. The highest BCUT2D eigenvalue weighted by atomic mass is 32.1. The molecule has 124 valence electrons. The fourth-order valence-electron chi connectivity index (χ4n) is 2.24. The fraction of sp³-hybridized carbons (Fsp3) is 0.588. The summed E-state index contributed by atoms with van der Waals surface area (Å²) in [5.74, 6) is 2.14. The molecule has 0 aliphatic carbocycles. The Balaban J connectivity index is 2.53. The van der Waals surface area contributed by atoms with Crippen molar-refractivity contribution in [2.45, 2.75) is 39.5 Å². The van der Waals surface area contributed by atoms with E-state index < -0.39 is 0 Å². The summed E-state index contributed by atoms with van der Waals surface area (Å²) in [6, 6.07) is 5.62. The molecule has 0 spiro atoms. The Hall–Kier alpha value is -1.49. The van der Waals surface area contributed by atoms with Crippen LogP contribution in [0.25, 0.3) is 0 Å². The van der Waals surface area contributed by atoms with E-state index in [1.54, 1.807) is 14.2 Å². The highest BCUT2D eigenvalue weighted by Gasteiger charge is 2.08. The quantitative estimate of drug-likeness (QED) is 0.666. The molecule has 0 heterocycles. The Labute approximate surface area is 139 Å². The third kappa shape index (κ3) is 6.52. The fourth-order valence-corrected chi connectivity index (χ4v) is 2.44. The van der Waals surface area contributed by atoms with Crippen LogP contribution in [0.15, 0.2) is 18.2 Å². The number of ether oxygens (including phenoxy) is 2. The number of rotatable bonds is 9. The summed E-state index contributed by atoms with van der Waals surface area (Å²) in [7, 11) is 3.27. The maximum Gasteiger partial charge on any atom is 0.170 e. The monoisotopic (exact) mass is 324 g/mol. The molecule has 1 rings (SSSR count). The number of thiocarbonyl (C=S) groups is 1. The molecule has 0 saturated heterocycles. The number of hydrogen-bond acceptors (Lipinski definition) is 3. The van der Waals surface area contributed by atoms with E-state index in [2.05, 4.69) is 24.5 Å². The lowest BCUT2D eigenvalue weighted by Gasteiger charge is -2.17. The van der Waals surface area contributed by atoms with Gasteiger partial charge in [0.25, 0.3) is 0 Å². The lowest BCUT2D eigenvalue weighted by molar-refractivity contribution is 0.395. The van der Waals surface area contributed by atoms with Crippen molar-refractivity contribution in [1.82, 2.24) is 5.32 Å². The maximum atomic E-state index is 5.37. The van der Waals surface area contributed by atoms with E-state index in [0.717, 1.165) is 23.7 Å². The summed E-state index contributed by atoms with van der Waals surface area (Å²) >= 11 is 5.37. The van der Waals surface area contributed by atoms with Gasteiger partial charge < -0.3 is 20.1 Å². The Bertz CT molecular complexity index is 444. The summed E-state index contributed by atoms with van der Waals surface area (Å²) in [6.45, 7) is 5.36. The van der Waals surface area contributed by atoms with Gasteiger partial charge in [0.1, 0.15) is 11.5 Å². The third-order valence-corrected chi connectivity index (χ3v) is 3.95. The Morgan fingerprint density at radius 1 is 1.14 bits per heavy atom. The molecule has 0 aliphatic rings. The van der Waals surface area contributed by atoms with E-state index in [1.165, 1.54) is 25.7 Å². The molecule has 0 amide bonds. The van der Waals surface area contributed by atoms with Crippen LogP contribution in [0, 0.1) is 5.92 Å². The number of unbranched alkanes of at least 4 members (excludes halogenated alkanes) is 1. The average Bonchev–Trinajstić information content (AvgIpc) is 2.54. The van der Waals surface area contributed by atoms with E-state index in [1.807, 2.05) is 18.2 Å². The first-order valence-electron chi connectivity index (χ1n) is 7.90. The van der Waals surface area contributed by atoms with Crippen LogP contribution in [-0.4, -0.2) is 25.9 Å². The number of anilines is 1. The molecule has 5 heteroatoms. The standard InChI is InChI=1S/C17H28N2O2S/c1-5-7-8-13(6-2)12-18-17(22)19-14-9-15(20-3)11-16(10-14)21-4/h9-11,13H,5-8,12H2,1-4H3,(H2,18,19,22). The summed E-state index contributed by atoms with van der Waals surface area (Å²) in [5, 5.41) is 7.12. The Morgan fingerprint density at radius 3 is 2.27 bits per heavy atom. The van der Waals surface area contributed by atoms with Gasteiger partial charge in [0.15, 0.2) is 5.11 Å². The number of methoxy groups -OCH3 is 2. The van der Waals surface area contributed by atoms with E-state index in [4.69, 9.17) is 21.7 Å². The van der Waals surface area contributed by atoms with Crippen LogP contribution in [0.5, 0.6) is 11.5 Å². The zero-order valence-electron chi connectivity index (χ0n) is 14.1. The molecule has 2 N–H and O–H groups in total. The molecular weight excluding hydrogens is 296 g/mol. The molecule has 0 radical (unpaired) electrons. The van der Waals surface area contributed by atoms with Gasteiger partial charge in [0.05, 0.1) is 14.2 Å². The molecule has 22 heavy (non-hydrogen) atoms. The van der Waals surface area contributed by atoms with Crippen LogP contribution < -0.4 is 20.1 Å². The largest absolute Gasteiger partial charge is 0.497 e. The van der Waals surface area contributed by atoms with Gasteiger partial charge >= 0.3 is 0 Å². The lowest BCUT2D eigenvalue weighted by atomic mass is 9.99. The van der Waals surface area contributed by atoms with Crippen molar-refractivity contribution in [1.29, 1.82) is 0 Å². The van der Waals surface area contributed by atoms with Crippen molar-refractivity contribution in [2.24, 2.45) is 5.92 Å². The van der Waals surface area contributed by atoms with Crippen LogP contribution in [0.3, 0.4) is 0 Å². The molecule has 0 aliphatic heterocycles. The molecule has 1 aromatic carbocycles. The van der Waals surface area contributed by atoms with E-state index in [-0.39, 0.29) is 0 Å². The van der Waals surface area contributed by atoms with Gasteiger partial charge in [-0.15, -0.1) is 0 Å². The predicted molar refractivity (Wildman–Crippen MR) is 97.1 cm³/mol. The smallest absolute Gasteiger partial charge is 0.170 e. The van der Waals surface area contributed by atoms with Crippen molar-refractivity contribution in [3.05, 3.63) is 18.2 Å². The minimum absolute atomic E-state index is 0.630. The van der Waals surface area contributed by atoms with Crippen LogP contribution in [-0.2, 0) is 0 Å². The molecule has 0 fully saturated rings. The van der Waals surface area contributed by atoms with Crippen LogP contribution in [0.4, 0.5) is 5.69 Å². The van der Waals surface area contributed by atoms with Crippen LogP contribution in [0.1, 0.15) is 39.5 Å². The number of hydrogen-bond donors (Lipinski definition) is 2. The van der Waals surface area contributed by atoms with E-state index in [9.17, 15) is 0 Å². The SMILES string of the molecule is CCCCC(CC)CNC(=S)Nc1cc(OC)cc(OC)c1. The molecule has 1 aromatic rings. The molecule has 0 bridgehead atoms. The minimum Gasteiger partial charge on any atom is -0.497 e. The summed E-state index contributed by atoms with van der Waals surface area (Å²) in [4.78, 5) is 0. The zero-order valence-corrected chi connectivity index (χ0v) is 14.9. The molecular formula is C17H28N2O2S. The summed E-state index contributed by atoms with van der Waals surface area (Å²) < 4.78 is 10.5. The minimum atomic E-state index is 0.630. The number of benzene rings is 1. The van der Waals surface area contributed by atoms with Gasteiger partial charge in [-0.3, -0.25) is 0 Å². The van der Waals surface area contributed by atoms with Gasteiger partial charge in [-0.25, -0.2) is 0 Å². The summed E-state index contributed by atoms with van der Waals surface area (Å²) in [5.41, 5.74) is 0.857. The summed E-state index contributed by atoms with van der Waals surface area (Å²) in [6.07, 6.45) is 4.93. The maximum absolute atomic E-state index is 5.37. The topological polar surface area (TPSA) is 42.5 Å². The van der Waals surface area contributed by atoms with Gasteiger partial charge in [-0.2, -0.15) is 0 Å². The van der Waals surface area contributed by atoms with Crippen molar-refractivity contribution in [2.75, 3.05) is 26.1 Å². The second-order valence-electron chi connectivity index (χ2n) is 5.35. The Kier molecular flexibility index (Phi) is 8.67. The third-order valence-electron chi connectivity index (χ3n) is 3.70. The van der Waals surface area contributed by atoms with Gasteiger partial charge in [0, 0.05) is 30.4 Å². The first-order valence-corrected chi connectivity index (χ1v) is 8.31. The predicted octanol–water partition coefficient (Wildman–Crippen LogP) is 4.21. The highest BCUT2D eigenvalue weighted by molar-refractivity contribution is 7.80. The van der Waals surface area contributed by atoms with Crippen molar-refractivity contribution in [3.63, 3.8) is 0 Å². The first-order chi connectivity index (χ1) is 10.6. The molecule has 1 unspecified atom stereocenters. The lowest BCUT2D eigenvalue weighted by Crippen LogP contribution is -2.32. The molecule has 4 nitrogen and oxygen atoms in total. The van der Waals surface area contributed by atoms with E-state index in [0.29, 0.717) is 11.0 Å². The van der Waals surface area contributed by atoms with Gasteiger partial charge in [-0.05, 0) is 24.6 Å². The molecule has 1 atom stereocenters. The van der Waals surface area contributed by atoms with Crippen LogP contribution in [0.2, 0.25) is 0 Å². The van der Waals surface area contributed by atoms with Crippen molar-refractivity contribution >= 4 is 23.0 Å². The first kappa shape index (κ1) is 18.6. The van der Waals surface area contributed by atoms with Gasteiger partial charge in [0.2, 0.25) is 0 Å².